The summed E-state index contributed by atoms with van der Waals surface area (Å²) in [7, 11) is 1.79. The molecule has 1 aromatic heterocycles. The lowest BCUT2D eigenvalue weighted by Gasteiger charge is -2.23. The van der Waals surface area contributed by atoms with Crippen LogP contribution in [0.4, 0.5) is 4.39 Å². The van der Waals surface area contributed by atoms with Crippen molar-refractivity contribution < 1.29 is 18.7 Å². The number of hydrogen-bond donors (Lipinski definition) is 0. The monoisotopic (exact) mass is 344 g/mol. The predicted octanol–water partition coefficient (Wildman–Crippen LogP) is 2.65. The summed E-state index contributed by atoms with van der Waals surface area (Å²) in [5, 5.41) is 0. The number of rotatable bonds is 1. The van der Waals surface area contributed by atoms with E-state index in [0.29, 0.717) is 16.3 Å². The van der Waals surface area contributed by atoms with Crippen molar-refractivity contribution in [2.24, 2.45) is 12.0 Å². The molecule has 4 rings (SSSR count). The lowest BCUT2D eigenvalue weighted by atomic mass is 10.2. The van der Waals surface area contributed by atoms with Gasteiger partial charge in [-0.05, 0) is 30.3 Å². The molecule has 5 nitrogen and oxygen atoms in total. The maximum atomic E-state index is 13.3. The van der Waals surface area contributed by atoms with Crippen molar-refractivity contribution in [3.63, 3.8) is 0 Å². The molecule has 0 N–H and O–H groups in total. The molecule has 0 radical (unpaired) electrons. The normalized spacial score (nSPS) is 17.2. The molecule has 0 spiro atoms. The van der Waals surface area contributed by atoms with Gasteiger partial charge in [0.25, 0.3) is 5.91 Å². The molecule has 0 saturated carbocycles. The second kappa shape index (κ2) is 5.76. The summed E-state index contributed by atoms with van der Waals surface area (Å²) >= 11 is 1.26. The van der Waals surface area contributed by atoms with Crippen LogP contribution in [0.2, 0.25) is 0 Å². The van der Waals surface area contributed by atoms with E-state index in [2.05, 4.69) is 4.99 Å². The molecule has 0 unspecified atom stereocenters. The minimum absolute atomic E-state index is 0.114. The quantitative estimate of drug-likeness (QED) is 0.682. The van der Waals surface area contributed by atoms with Crippen LogP contribution in [0.1, 0.15) is 0 Å². The van der Waals surface area contributed by atoms with Gasteiger partial charge in [-0.15, -0.1) is 0 Å². The van der Waals surface area contributed by atoms with Crippen LogP contribution in [0, 0.1) is 5.82 Å². The van der Waals surface area contributed by atoms with Gasteiger partial charge in [-0.2, -0.15) is 4.99 Å². The molecule has 1 aliphatic rings. The molecule has 122 valence electrons. The molecule has 2 heterocycles. The van der Waals surface area contributed by atoms with Crippen molar-refractivity contribution in [1.29, 1.82) is 0 Å². The highest BCUT2D eigenvalue weighted by Gasteiger charge is 2.27. The van der Waals surface area contributed by atoms with Gasteiger partial charge >= 0.3 is 0 Å². The first kappa shape index (κ1) is 14.9. The molecular weight excluding hydrogens is 331 g/mol. The number of aryl methyl sites for hydroxylation is 1. The Morgan fingerprint density at radius 2 is 2.08 bits per heavy atom. The highest BCUT2D eigenvalue weighted by atomic mass is 32.1. The second-order valence-corrected chi connectivity index (χ2v) is 6.38. The highest BCUT2D eigenvalue weighted by Crippen LogP contribution is 2.31. The van der Waals surface area contributed by atoms with Crippen molar-refractivity contribution in [3.8, 4) is 11.5 Å². The number of fused-ring (bicyclic) bond motifs is 2. The standard InChI is InChI=1S/C17H13FN2O3S/c1-20-11-7-6-10(18)8-15(11)24-17(20)19-16(21)14-9-22-12-4-2-3-5-13(12)23-14/h2-8,14H,9H2,1H3/t14-/m1/s1. The second-order valence-electron chi connectivity index (χ2n) is 5.37. The SMILES string of the molecule is Cn1c(=NC(=O)[C@H]2COc3ccccc3O2)sc2cc(F)ccc21. The largest absolute Gasteiger partial charge is 0.485 e. The molecule has 24 heavy (non-hydrogen) atoms. The van der Waals surface area contributed by atoms with Crippen LogP contribution in [0.15, 0.2) is 47.5 Å². The number of benzene rings is 2. The number of carbonyl (C=O) groups excluding carboxylic acids is 1. The predicted molar refractivity (Wildman–Crippen MR) is 87.7 cm³/mol. The maximum absolute atomic E-state index is 13.3. The third-order valence-corrected chi connectivity index (χ3v) is 4.86. The van der Waals surface area contributed by atoms with E-state index in [0.717, 1.165) is 10.2 Å². The van der Waals surface area contributed by atoms with Gasteiger partial charge in [0.2, 0.25) is 6.10 Å². The summed E-state index contributed by atoms with van der Waals surface area (Å²) in [5.74, 6) is 0.402. The van der Waals surface area contributed by atoms with Crippen LogP contribution < -0.4 is 14.3 Å². The van der Waals surface area contributed by atoms with E-state index in [1.165, 1.54) is 23.5 Å². The fourth-order valence-corrected chi connectivity index (χ4v) is 3.57. The number of ether oxygens (including phenoxy) is 2. The van der Waals surface area contributed by atoms with Crippen molar-refractivity contribution in [3.05, 3.63) is 53.1 Å². The molecule has 0 fully saturated rings. The lowest BCUT2D eigenvalue weighted by Crippen LogP contribution is -2.36. The van der Waals surface area contributed by atoms with E-state index in [1.54, 1.807) is 29.8 Å². The molecule has 1 amide bonds. The number of para-hydroxylation sites is 2. The fourth-order valence-electron chi connectivity index (χ4n) is 2.52. The van der Waals surface area contributed by atoms with Crippen LogP contribution in [-0.4, -0.2) is 23.2 Å². The minimum atomic E-state index is -0.790. The van der Waals surface area contributed by atoms with Crippen molar-refractivity contribution in [2.75, 3.05) is 6.61 Å². The Morgan fingerprint density at radius 1 is 1.29 bits per heavy atom. The van der Waals surface area contributed by atoms with Gasteiger partial charge in [0.1, 0.15) is 12.4 Å². The summed E-state index contributed by atoms with van der Waals surface area (Å²) in [5.41, 5.74) is 0.819. The third kappa shape index (κ3) is 2.56. The Kier molecular flexibility index (Phi) is 3.57. The first-order chi connectivity index (χ1) is 11.6. The summed E-state index contributed by atoms with van der Waals surface area (Å²) in [4.78, 5) is 17.0. The number of nitrogens with zero attached hydrogens (tertiary/aromatic N) is 2. The van der Waals surface area contributed by atoms with Crippen molar-refractivity contribution >= 4 is 27.5 Å². The van der Waals surface area contributed by atoms with Crippen molar-refractivity contribution in [2.45, 2.75) is 6.10 Å². The third-order valence-electron chi connectivity index (χ3n) is 3.76. The molecule has 0 aliphatic carbocycles. The Labute approximate surface area is 140 Å². The molecule has 2 aromatic carbocycles. The Morgan fingerprint density at radius 3 is 2.92 bits per heavy atom. The average molecular weight is 344 g/mol. The Bertz CT molecular complexity index is 1010. The zero-order valence-corrected chi connectivity index (χ0v) is 13.5. The van der Waals surface area contributed by atoms with Gasteiger partial charge < -0.3 is 14.0 Å². The fraction of sp³-hybridized carbons (Fsp3) is 0.176. The topological polar surface area (TPSA) is 52.8 Å². The van der Waals surface area contributed by atoms with E-state index in [9.17, 15) is 9.18 Å². The maximum Gasteiger partial charge on any atom is 0.292 e. The number of amides is 1. The average Bonchev–Trinajstić information content (AvgIpc) is 2.89. The smallest absolute Gasteiger partial charge is 0.292 e. The first-order valence-corrected chi connectivity index (χ1v) is 8.15. The summed E-state index contributed by atoms with van der Waals surface area (Å²) in [6.45, 7) is 0.114. The zero-order valence-electron chi connectivity index (χ0n) is 12.7. The van der Waals surface area contributed by atoms with Crippen LogP contribution in [0.5, 0.6) is 11.5 Å². The number of carbonyl (C=O) groups is 1. The van der Waals surface area contributed by atoms with Crippen LogP contribution in [-0.2, 0) is 11.8 Å². The van der Waals surface area contributed by atoms with Crippen LogP contribution in [0.3, 0.4) is 0 Å². The van der Waals surface area contributed by atoms with Crippen molar-refractivity contribution in [1.82, 2.24) is 4.57 Å². The Hall–Kier alpha value is -2.67. The Balaban J connectivity index is 1.67. The summed E-state index contributed by atoms with van der Waals surface area (Å²) in [6.07, 6.45) is -0.790. The van der Waals surface area contributed by atoms with Gasteiger partial charge in [0, 0.05) is 7.05 Å². The molecule has 1 atom stereocenters. The van der Waals surface area contributed by atoms with Gasteiger partial charge in [-0.3, -0.25) is 4.79 Å². The van der Waals surface area contributed by atoms with E-state index in [-0.39, 0.29) is 12.4 Å². The number of thiazole rings is 1. The van der Waals surface area contributed by atoms with Gasteiger partial charge in [0.15, 0.2) is 16.3 Å². The van der Waals surface area contributed by atoms with Crippen LogP contribution in [0.25, 0.3) is 10.2 Å². The van der Waals surface area contributed by atoms with E-state index in [4.69, 9.17) is 9.47 Å². The molecule has 3 aromatic rings. The summed E-state index contributed by atoms with van der Waals surface area (Å²) < 4.78 is 27.0. The van der Waals surface area contributed by atoms with Gasteiger partial charge in [-0.25, -0.2) is 4.39 Å². The number of hydrogen-bond acceptors (Lipinski definition) is 4. The van der Waals surface area contributed by atoms with Gasteiger partial charge in [-0.1, -0.05) is 23.5 Å². The van der Waals surface area contributed by atoms with Gasteiger partial charge in [0.05, 0.1) is 10.2 Å². The lowest BCUT2D eigenvalue weighted by molar-refractivity contribution is -0.127. The van der Waals surface area contributed by atoms with Crippen LogP contribution >= 0.6 is 11.3 Å². The number of halogens is 1. The van der Waals surface area contributed by atoms with E-state index < -0.39 is 12.0 Å². The molecule has 1 aliphatic heterocycles. The molecule has 7 heteroatoms. The highest BCUT2D eigenvalue weighted by molar-refractivity contribution is 7.16. The zero-order chi connectivity index (χ0) is 16.7. The minimum Gasteiger partial charge on any atom is -0.485 e. The van der Waals surface area contributed by atoms with E-state index in [1.807, 2.05) is 12.1 Å². The molecular formula is C17H13FN2O3S. The molecule has 0 saturated heterocycles. The summed E-state index contributed by atoms with van der Waals surface area (Å²) in [6, 6.07) is 11.7. The first-order valence-electron chi connectivity index (χ1n) is 7.34. The number of aromatic nitrogens is 1. The molecule has 0 bridgehead atoms. The van der Waals surface area contributed by atoms with E-state index >= 15 is 0 Å².